The summed E-state index contributed by atoms with van der Waals surface area (Å²) in [5.74, 6) is -0.917. The van der Waals surface area contributed by atoms with Gasteiger partial charge in [-0.15, -0.1) is 0 Å². The maximum atomic E-state index is 15.2. The summed E-state index contributed by atoms with van der Waals surface area (Å²) in [6.45, 7) is 5.46. The summed E-state index contributed by atoms with van der Waals surface area (Å²) in [6, 6.07) is 10.1. The van der Waals surface area contributed by atoms with Crippen molar-refractivity contribution in [3.05, 3.63) is 58.9 Å². The van der Waals surface area contributed by atoms with Crippen molar-refractivity contribution in [2.45, 2.75) is 49.3 Å². The quantitative estimate of drug-likeness (QED) is 0.657. The molecule has 2 aromatic carbocycles. The molecule has 3 rings (SSSR count). The maximum Gasteiger partial charge on any atom is 0.224 e. The van der Waals surface area contributed by atoms with Crippen LogP contribution in [0.1, 0.15) is 39.2 Å². The van der Waals surface area contributed by atoms with Crippen LogP contribution in [0.3, 0.4) is 0 Å². The molecule has 1 heterocycles. The van der Waals surface area contributed by atoms with Crippen LogP contribution < -0.4 is 4.90 Å². The molecule has 30 heavy (non-hydrogen) atoms. The van der Waals surface area contributed by atoms with Gasteiger partial charge >= 0.3 is 0 Å². The van der Waals surface area contributed by atoms with Gasteiger partial charge in [0.15, 0.2) is 9.84 Å². The lowest BCUT2D eigenvalue weighted by molar-refractivity contribution is -0.116. The number of hydrogen-bond donors (Lipinski definition) is 0. The predicted molar refractivity (Wildman–Crippen MR) is 115 cm³/mol. The smallest absolute Gasteiger partial charge is 0.224 e. The first-order valence-corrected chi connectivity index (χ1v) is 11.6. The standard InChI is InChI=1S/C22H25ClFNO4S/c1-15(2)25(16(3)26)21-9-4-17(14-20(21)24)22(10-12-29-13-11-22)30(27,28)19-7-5-18(23)6-8-19/h4-9,14-15H,10-13H2,1-3H3. The van der Waals surface area contributed by atoms with E-state index in [0.29, 0.717) is 10.6 Å². The summed E-state index contributed by atoms with van der Waals surface area (Å²) < 4.78 is 46.6. The van der Waals surface area contributed by atoms with E-state index in [-0.39, 0.29) is 48.6 Å². The zero-order valence-electron chi connectivity index (χ0n) is 17.2. The Bertz CT molecular complexity index is 1030. The monoisotopic (exact) mass is 453 g/mol. The van der Waals surface area contributed by atoms with E-state index in [4.69, 9.17) is 16.3 Å². The lowest BCUT2D eigenvalue weighted by Crippen LogP contribution is -2.41. The molecular weight excluding hydrogens is 429 g/mol. The fourth-order valence-electron chi connectivity index (χ4n) is 4.05. The van der Waals surface area contributed by atoms with Crippen molar-refractivity contribution in [1.82, 2.24) is 0 Å². The molecule has 1 aliphatic rings. The van der Waals surface area contributed by atoms with Gasteiger partial charge in [0.25, 0.3) is 0 Å². The van der Waals surface area contributed by atoms with E-state index < -0.39 is 20.4 Å². The number of halogens is 2. The molecule has 0 N–H and O–H groups in total. The van der Waals surface area contributed by atoms with Gasteiger partial charge in [0, 0.05) is 31.2 Å². The van der Waals surface area contributed by atoms with Crippen molar-refractivity contribution < 1.29 is 22.3 Å². The molecule has 0 aliphatic carbocycles. The van der Waals surface area contributed by atoms with Gasteiger partial charge < -0.3 is 9.64 Å². The number of nitrogens with zero attached hydrogens (tertiary/aromatic N) is 1. The molecule has 8 heteroatoms. The lowest BCUT2D eigenvalue weighted by atomic mass is 9.90. The first-order chi connectivity index (χ1) is 14.1. The largest absolute Gasteiger partial charge is 0.381 e. The molecule has 0 radical (unpaired) electrons. The third-order valence-electron chi connectivity index (χ3n) is 5.53. The van der Waals surface area contributed by atoms with Gasteiger partial charge in [0.05, 0.1) is 10.6 Å². The molecular formula is C22H25ClFNO4S. The Hall–Kier alpha value is -1.96. The Balaban J connectivity index is 2.14. The second-order valence-electron chi connectivity index (χ2n) is 7.71. The van der Waals surface area contributed by atoms with E-state index >= 15 is 4.39 Å². The van der Waals surface area contributed by atoms with Crippen molar-refractivity contribution in [1.29, 1.82) is 0 Å². The van der Waals surface area contributed by atoms with Crippen molar-refractivity contribution in [2.24, 2.45) is 0 Å². The molecule has 0 atom stereocenters. The van der Waals surface area contributed by atoms with Crippen molar-refractivity contribution in [2.75, 3.05) is 18.1 Å². The van der Waals surface area contributed by atoms with E-state index in [1.54, 1.807) is 19.9 Å². The second-order valence-corrected chi connectivity index (χ2v) is 10.4. The van der Waals surface area contributed by atoms with Gasteiger partial charge in [0.1, 0.15) is 10.6 Å². The maximum absolute atomic E-state index is 15.2. The highest BCUT2D eigenvalue weighted by molar-refractivity contribution is 7.92. The average Bonchev–Trinajstić information content (AvgIpc) is 2.69. The molecule has 0 spiro atoms. The van der Waals surface area contributed by atoms with E-state index in [0.717, 1.165) is 0 Å². The molecule has 0 bridgehead atoms. The highest BCUT2D eigenvalue weighted by atomic mass is 35.5. The molecule has 0 aromatic heterocycles. The number of amides is 1. The third-order valence-corrected chi connectivity index (χ3v) is 8.35. The van der Waals surface area contributed by atoms with Crippen LogP contribution in [0.5, 0.6) is 0 Å². The SMILES string of the molecule is CC(=O)N(c1ccc(C2(S(=O)(=O)c3ccc(Cl)cc3)CCOCC2)cc1F)C(C)C. The number of anilines is 1. The second kappa shape index (κ2) is 8.65. The van der Waals surface area contributed by atoms with Gasteiger partial charge in [-0.3, -0.25) is 4.79 Å². The molecule has 0 unspecified atom stereocenters. The lowest BCUT2D eigenvalue weighted by Gasteiger charge is -2.37. The predicted octanol–water partition coefficient (Wildman–Crippen LogP) is 4.72. The molecule has 1 aliphatic heterocycles. The van der Waals surface area contributed by atoms with Crippen LogP contribution in [0.4, 0.5) is 10.1 Å². The fraction of sp³-hybridized carbons (Fsp3) is 0.409. The molecule has 2 aromatic rings. The van der Waals surface area contributed by atoms with E-state index in [9.17, 15) is 13.2 Å². The fourth-order valence-corrected chi connectivity index (χ4v) is 6.26. The summed E-state index contributed by atoms with van der Waals surface area (Å²) in [5, 5.41) is 0.434. The Morgan fingerprint density at radius 1 is 1.13 bits per heavy atom. The summed E-state index contributed by atoms with van der Waals surface area (Å²) in [6.07, 6.45) is 0.411. The Kier molecular flexibility index (Phi) is 6.55. The molecule has 0 saturated carbocycles. The Labute approximate surface area is 181 Å². The minimum atomic E-state index is -3.86. The highest BCUT2D eigenvalue weighted by Gasteiger charge is 2.47. The topological polar surface area (TPSA) is 63.7 Å². The normalized spacial score (nSPS) is 16.5. The minimum absolute atomic E-state index is 0.130. The van der Waals surface area contributed by atoms with Crippen LogP contribution in [0, 0.1) is 5.82 Å². The number of rotatable bonds is 5. The van der Waals surface area contributed by atoms with E-state index in [2.05, 4.69) is 0 Å². The molecule has 5 nitrogen and oxygen atoms in total. The first-order valence-electron chi connectivity index (χ1n) is 9.78. The van der Waals surface area contributed by atoms with Crippen molar-refractivity contribution in [3.63, 3.8) is 0 Å². The zero-order valence-corrected chi connectivity index (χ0v) is 18.8. The minimum Gasteiger partial charge on any atom is -0.381 e. The van der Waals surface area contributed by atoms with E-state index in [1.165, 1.54) is 48.2 Å². The number of carbonyl (C=O) groups excluding carboxylic acids is 1. The van der Waals surface area contributed by atoms with Crippen LogP contribution >= 0.6 is 11.6 Å². The van der Waals surface area contributed by atoms with Crippen LogP contribution in [-0.4, -0.2) is 33.6 Å². The molecule has 1 saturated heterocycles. The zero-order chi connectivity index (χ0) is 22.1. The first kappa shape index (κ1) is 22.7. The number of sulfone groups is 1. The van der Waals surface area contributed by atoms with Gasteiger partial charge in [0.2, 0.25) is 5.91 Å². The summed E-state index contributed by atoms with van der Waals surface area (Å²) in [5.41, 5.74) is 0.488. The van der Waals surface area contributed by atoms with Crippen LogP contribution in [-0.2, 0) is 24.1 Å². The molecule has 1 amide bonds. The van der Waals surface area contributed by atoms with Crippen LogP contribution in [0.25, 0.3) is 0 Å². The third kappa shape index (κ3) is 3.98. The summed E-state index contributed by atoms with van der Waals surface area (Å²) in [7, 11) is -3.86. The average molecular weight is 454 g/mol. The Morgan fingerprint density at radius 2 is 1.73 bits per heavy atom. The number of ether oxygens (including phenoxy) is 1. The van der Waals surface area contributed by atoms with Gasteiger partial charge in [-0.25, -0.2) is 12.8 Å². The Morgan fingerprint density at radius 3 is 2.23 bits per heavy atom. The number of hydrogen-bond acceptors (Lipinski definition) is 4. The highest BCUT2D eigenvalue weighted by Crippen LogP contribution is 2.44. The number of carbonyl (C=O) groups is 1. The molecule has 162 valence electrons. The van der Waals surface area contributed by atoms with Crippen LogP contribution in [0.15, 0.2) is 47.4 Å². The van der Waals surface area contributed by atoms with Crippen LogP contribution in [0.2, 0.25) is 5.02 Å². The van der Waals surface area contributed by atoms with E-state index in [1.807, 2.05) is 0 Å². The van der Waals surface area contributed by atoms with Gasteiger partial charge in [-0.2, -0.15) is 0 Å². The van der Waals surface area contributed by atoms with Gasteiger partial charge in [-0.1, -0.05) is 17.7 Å². The summed E-state index contributed by atoms with van der Waals surface area (Å²) >= 11 is 5.92. The number of benzene rings is 2. The van der Waals surface area contributed by atoms with Gasteiger partial charge in [-0.05, 0) is 68.7 Å². The van der Waals surface area contributed by atoms with Crippen molar-refractivity contribution >= 4 is 33.0 Å². The van der Waals surface area contributed by atoms with Crippen molar-refractivity contribution in [3.8, 4) is 0 Å². The summed E-state index contributed by atoms with van der Waals surface area (Å²) in [4.78, 5) is 13.5. The molecule has 1 fully saturated rings.